The third-order valence-electron chi connectivity index (χ3n) is 4.81. The molecule has 7 heteroatoms. The average molecular weight is 372 g/mol. The second-order valence-corrected chi connectivity index (χ2v) is 8.06. The van der Waals surface area contributed by atoms with Gasteiger partial charge < -0.3 is 9.52 Å². The third-order valence-corrected chi connectivity index (χ3v) is 5.99. The van der Waals surface area contributed by atoms with Crippen molar-refractivity contribution < 1.29 is 14.3 Å². The first kappa shape index (κ1) is 17.0. The number of carboxylic acids is 1. The molecular formula is C19H20N2O4S. The van der Waals surface area contributed by atoms with E-state index < -0.39 is 5.97 Å². The van der Waals surface area contributed by atoms with E-state index in [1.165, 1.54) is 10.9 Å². The first-order valence-corrected chi connectivity index (χ1v) is 9.64. The molecule has 136 valence electrons. The molecule has 1 aliphatic rings. The van der Waals surface area contributed by atoms with E-state index in [0.717, 1.165) is 41.5 Å². The maximum absolute atomic E-state index is 13.3. The number of aryl methyl sites for hydroxylation is 2. The van der Waals surface area contributed by atoms with Crippen LogP contribution >= 0.6 is 11.3 Å². The topological polar surface area (TPSA) is 85.3 Å². The van der Waals surface area contributed by atoms with Crippen LogP contribution < -0.4 is 5.56 Å². The molecular weight excluding hydrogens is 352 g/mol. The number of fused-ring (bicyclic) bond motifs is 3. The molecule has 3 aromatic heterocycles. The van der Waals surface area contributed by atoms with Crippen molar-refractivity contribution in [2.24, 2.45) is 0 Å². The lowest BCUT2D eigenvalue weighted by Crippen LogP contribution is -2.26. The van der Waals surface area contributed by atoms with E-state index in [-0.39, 0.29) is 23.8 Å². The zero-order valence-corrected chi connectivity index (χ0v) is 15.6. The molecule has 0 radical (unpaired) electrons. The highest BCUT2D eigenvalue weighted by molar-refractivity contribution is 7.18. The molecule has 4 rings (SSSR count). The van der Waals surface area contributed by atoms with Crippen LogP contribution in [-0.4, -0.2) is 20.6 Å². The van der Waals surface area contributed by atoms with E-state index in [9.17, 15) is 9.59 Å². The van der Waals surface area contributed by atoms with Gasteiger partial charge in [0.05, 0.1) is 11.9 Å². The van der Waals surface area contributed by atoms with Gasteiger partial charge >= 0.3 is 5.97 Å². The van der Waals surface area contributed by atoms with Crippen LogP contribution in [0, 0.1) is 0 Å². The predicted octanol–water partition coefficient (Wildman–Crippen LogP) is 3.80. The lowest BCUT2D eigenvalue weighted by Gasteiger charge is -2.15. The summed E-state index contributed by atoms with van der Waals surface area (Å²) in [4.78, 5) is 31.3. The molecule has 0 amide bonds. The van der Waals surface area contributed by atoms with Gasteiger partial charge in [0.15, 0.2) is 0 Å². The fourth-order valence-corrected chi connectivity index (χ4v) is 4.84. The fourth-order valence-electron chi connectivity index (χ4n) is 3.58. The summed E-state index contributed by atoms with van der Waals surface area (Å²) in [7, 11) is 0. The summed E-state index contributed by atoms with van der Waals surface area (Å²) in [5.74, 6) is -0.0274. The summed E-state index contributed by atoms with van der Waals surface area (Å²) in [6, 6.07) is 3.02. The first-order valence-electron chi connectivity index (χ1n) is 8.82. The first-order chi connectivity index (χ1) is 12.5. The number of carbonyl (C=O) groups is 1. The standard InChI is InChI=1S/C19H20N2O4S/c1-10(2)16-20-17-15(12-5-3-4-6-14(12)26-17)18(22)21(16)9-11-7-8-13(25-11)19(23)24/h7-8,10H,3-6,9H2,1-2H3,(H,23,24). The highest BCUT2D eigenvalue weighted by Crippen LogP contribution is 2.34. The van der Waals surface area contributed by atoms with Crippen molar-refractivity contribution in [1.29, 1.82) is 0 Å². The van der Waals surface area contributed by atoms with Crippen LogP contribution in [0.15, 0.2) is 21.3 Å². The van der Waals surface area contributed by atoms with Crippen LogP contribution in [-0.2, 0) is 19.4 Å². The molecule has 3 aromatic rings. The molecule has 0 saturated carbocycles. The average Bonchev–Trinajstić information content (AvgIpc) is 3.21. The van der Waals surface area contributed by atoms with E-state index >= 15 is 0 Å². The highest BCUT2D eigenvalue weighted by Gasteiger charge is 2.23. The van der Waals surface area contributed by atoms with Crippen LogP contribution in [0.1, 0.15) is 65.2 Å². The van der Waals surface area contributed by atoms with Crippen LogP contribution in [0.4, 0.5) is 0 Å². The summed E-state index contributed by atoms with van der Waals surface area (Å²) in [5.41, 5.74) is 1.11. The van der Waals surface area contributed by atoms with Gasteiger partial charge in [-0.1, -0.05) is 13.8 Å². The van der Waals surface area contributed by atoms with Crippen LogP contribution in [0.2, 0.25) is 0 Å². The molecule has 6 nitrogen and oxygen atoms in total. The number of thiophene rings is 1. The quantitative estimate of drug-likeness (QED) is 0.753. The lowest BCUT2D eigenvalue weighted by molar-refractivity contribution is 0.0660. The number of aromatic nitrogens is 2. The lowest BCUT2D eigenvalue weighted by atomic mass is 9.97. The van der Waals surface area contributed by atoms with E-state index in [1.807, 2.05) is 13.8 Å². The molecule has 0 atom stereocenters. The Bertz CT molecular complexity index is 1060. The molecule has 0 fully saturated rings. The van der Waals surface area contributed by atoms with Crippen molar-refractivity contribution in [3.63, 3.8) is 0 Å². The Kier molecular flexibility index (Phi) is 4.19. The molecule has 0 aliphatic heterocycles. The van der Waals surface area contributed by atoms with Gasteiger partial charge in [0.25, 0.3) is 5.56 Å². The van der Waals surface area contributed by atoms with Crippen molar-refractivity contribution in [2.75, 3.05) is 0 Å². The Morgan fingerprint density at radius 3 is 2.81 bits per heavy atom. The van der Waals surface area contributed by atoms with Crippen LogP contribution in [0.3, 0.4) is 0 Å². The minimum Gasteiger partial charge on any atom is -0.475 e. The van der Waals surface area contributed by atoms with E-state index in [2.05, 4.69) is 0 Å². The summed E-state index contributed by atoms with van der Waals surface area (Å²) >= 11 is 1.64. The Labute approximate surface area is 154 Å². The summed E-state index contributed by atoms with van der Waals surface area (Å²) in [6.45, 7) is 4.19. The van der Waals surface area contributed by atoms with Crippen molar-refractivity contribution in [1.82, 2.24) is 9.55 Å². The number of furan rings is 1. The normalized spacial score (nSPS) is 14.1. The minimum atomic E-state index is -1.12. The molecule has 0 unspecified atom stereocenters. The Morgan fingerprint density at radius 2 is 2.12 bits per heavy atom. The third kappa shape index (κ3) is 2.76. The molecule has 0 saturated heterocycles. The largest absolute Gasteiger partial charge is 0.475 e. The van der Waals surface area contributed by atoms with Gasteiger partial charge in [-0.25, -0.2) is 9.78 Å². The number of hydrogen-bond acceptors (Lipinski definition) is 5. The Morgan fingerprint density at radius 1 is 1.35 bits per heavy atom. The zero-order chi connectivity index (χ0) is 18.4. The summed E-state index contributed by atoms with van der Waals surface area (Å²) < 4.78 is 7.00. The van der Waals surface area contributed by atoms with E-state index in [0.29, 0.717) is 11.6 Å². The smallest absolute Gasteiger partial charge is 0.371 e. The summed E-state index contributed by atoms with van der Waals surface area (Å²) in [6.07, 6.45) is 4.21. The van der Waals surface area contributed by atoms with Crippen molar-refractivity contribution in [3.05, 3.63) is 50.3 Å². The van der Waals surface area contributed by atoms with Gasteiger partial charge in [0.2, 0.25) is 5.76 Å². The second-order valence-electron chi connectivity index (χ2n) is 6.98. The highest BCUT2D eigenvalue weighted by atomic mass is 32.1. The number of nitrogens with zero attached hydrogens (tertiary/aromatic N) is 2. The minimum absolute atomic E-state index is 0.0497. The zero-order valence-electron chi connectivity index (χ0n) is 14.7. The van der Waals surface area contributed by atoms with Gasteiger partial charge in [0, 0.05) is 10.8 Å². The molecule has 0 aromatic carbocycles. The van der Waals surface area contributed by atoms with Gasteiger partial charge in [-0.05, 0) is 43.4 Å². The maximum atomic E-state index is 13.3. The van der Waals surface area contributed by atoms with E-state index in [4.69, 9.17) is 14.5 Å². The maximum Gasteiger partial charge on any atom is 0.371 e. The molecule has 0 bridgehead atoms. The van der Waals surface area contributed by atoms with Crippen LogP contribution in [0.5, 0.6) is 0 Å². The second kappa shape index (κ2) is 6.39. The molecule has 1 N–H and O–H groups in total. The number of carboxylic acid groups (broad SMARTS) is 1. The number of aromatic carboxylic acids is 1. The van der Waals surface area contributed by atoms with Gasteiger partial charge in [-0.3, -0.25) is 9.36 Å². The molecule has 26 heavy (non-hydrogen) atoms. The Hall–Kier alpha value is -2.41. The number of hydrogen-bond donors (Lipinski definition) is 1. The van der Waals surface area contributed by atoms with Crippen LogP contribution in [0.25, 0.3) is 10.2 Å². The monoisotopic (exact) mass is 372 g/mol. The van der Waals surface area contributed by atoms with Crippen molar-refractivity contribution >= 4 is 27.5 Å². The van der Waals surface area contributed by atoms with E-state index in [1.54, 1.807) is 22.0 Å². The Balaban J connectivity index is 1.88. The summed E-state index contributed by atoms with van der Waals surface area (Å²) in [5, 5.41) is 9.77. The van der Waals surface area contributed by atoms with Gasteiger partial charge in [-0.2, -0.15) is 0 Å². The fraction of sp³-hybridized carbons (Fsp3) is 0.421. The molecule has 3 heterocycles. The predicted molar refractivity (Wildman–Crippen MR) is 99.4 cm³/mol. The number of rotatable bonds is 4. The molecule has 1 aliphatic carbocycles. The molecule has 0 spiro atoms. The van der Waals surface area contributed by atoms with Gasteiger partial charge in [0.1, 0.15) is 16.4 Å². The van der Waals surface area contributed by atoms with Crippen molar-refractivity contribution in [2.45, 2.75) is 52.0 Å². The van der Waals surface area contributed by atoms with Crippen molar-refractivity contribution in [3.8, 4) is 0 Å². The van der Waals surface area contributed by atoms with Gasteiger partial charge in [-0.15, -0.1) is 11.3 Å². The SMILES string of the molecule is CC(C)c1nc2sc3c(c2c(=O)n1Cc1ccc(C(=O)O)o1)CCCC3.